The van der Waals surface area contributed by atoms with E-state index in [1.165, 1.54) is 6.08 Å². The predicted molar refractivity (Wildman–Crippen MR) is 100 cm³/mol. The molecule has 3 nitrogen and oxygen atoms in total. The van der Waals surface area contributed by atoms with Crippen LogP contribution in [0.5, 0.6) is 0 Å². The molecule has 0 aliphatic heterocycles. The van der Waals surface area contributed by atoms with Crippen molar-refractivity contribution in [3.63, 3.8) is 0 Å². The summed E-state index contributed by atoms with van der Waals surface area (Å²) in [7, 11) is 0. The van der Waals surface area contributed by atoms with Crippen LogP contribution in [0.15, 0.2) is 23.5 Å². The van der Waals surface area contributed by atoms with Gasteiger partial charge in [0, 0.05) is 17.4 Å². The average Bonchev–Trinajstić information content (AvgIpc) is 2.79. The first-order valence-corrected chi connectivity index (χ1v) is 10.0. The van der Waals surface area contributed by atoms with E-state index in [-0.39, 0.29) is 28.0 Å². The molecule has 0 aromatic carbocycles. The van der Waals surface area contributed by atoms with Gasteiger partial charge in [-0.05, 0) is 74.2 Å². The lowest BCUT2D eigenvalue weighted by Gasteiger charge is -2.57. The Balaban J connectivity index is 1.73. The van der Waals surface area contributed by atoms with Gasteiger partial charge < -0.3 is 5.11 Å². The monoisotopic (exact) mass is 360 g/mol. The predicted octanol–water partition coefficient (Wildman–Crippen LogP) is 4.50. The topological polar surface area (TPSA) is 54.4 Å². The summed E-state index contributed by atoms with van der Waals surface area (Å²) in [6, 6.07) is 0. The Hall–Kier alpha value is -1.03. The fourth-order valence-electron chi connectivity index (χ4n) is 7.19. The van der Waals surface area contributed by atoms with Gasteiger partial charge >= 0.3 is 0 Å². The van der Waals surface area contributed by atoms with Crippen LogP contribution < -0.4 is 0 Å². The fraction of sp³-hybridized carbons (Fsp3) is 0.714. The highest BCUT2D eigenvalue weighted by atomic mass is 32.1. The molecule has 0 radical (unpaired) electrons. The Kier molecular flexibility index (Phi) is 3.81. The summed E-state index contributed by atoms with van der Waals surface area (Å²) in [6.45, 7) is 6.62. The minimum absolute atomic E-state index is 0.0286. The Bertz CT molecular complexity index is 708. The Morgan fingerprint density at radius 1 is 1.24 bits per heavy atom. The second-order valence-electron chi connectivity index (χ2n) is 9.29. The smallest absolute Gasteiger partial charge is 0.189 e. The van der Waals surface area contributed by atoms with E-state index in [2.05, 4.69) is 33.4 Å². The molecule has 25 heavy (non-hydrogen) atoms. The second kappa shape index (κ2) is 5.48. The molecule has 7 atom stereocenters. The van der Waals surface area contributed by atoms with Gasteiger partial charge in [-0.3, -0.25) is 9.59 Å². The van der Waals surface area contributed by atoms with Crippen molar-refractivity contribution < 1.29 is 14.7 Å². The number of fused-ring (bicyclic) bond motifs is 5. The lowest BCUT2D eigenvalue weighted by Crippen LogP contribution is -2.51. The molecule has 0 heterocycles. The molecule has 136 valence electrons. The number of thiol groups is 1. The van der Waals surface area contributed by atoms with Crippen molar-refractivity contribution in [2.24, 2.45) is 40.4 Å². The van der Waals surface area contributed by atoms with Gasteiger partial charge in [-0.25, -0.2) is 0 Å². The number of aliphatic hydroxyl groups excluding tert-OH is 1. The van der Waals surface area contributed by atoms with Gasteiger partial charge in [0.15, 0.2) is 10.9 Å². The summed E-state index contributed by atoms with van der Waals surface area (Å²) in [5.74, 6) is 1.96. The molecule has 3 fully saturated rings. The minimum Gasteiger partial charge on any atom is -0.511 e. The number of rotatable bonds is 1. The zero-order chi connectivity index (χ0) is 18.1. The number of hydrogen-bond donors (Lipinski definition) is 2. The van der Waals surface area contributed by atoms with Crippen LogP contribution >= 0.6 is 12.6 Å². The van der Waals surface area contributed by atoms with Gasteiger partial charge in [-0.1, -0.05) is 19.4 Å². The molecule has 0 bridgehead atoms. The quantitative estimate of drug-likeness (QED) is 0.677. The lowest BCUT2D eigenvalue weighted by molar-refractivity contribution is -0.122. The van der Waals surface area contributed by atoms with Crippen molar-refractivity contribution in [3.05, 3.63) is 23.5 Å². The Morgan fingerprint density at radius 3 is 2.64 bits per heavy atom. The van der Waals surface area contributed by atoms with Crippen LogP contribution in [0.3, 0.4) is 0 Å². The normalized spacial score (nSPS) is 48.8. The number of carbonyl (C=O) groups excluding carboxylic acids is 2. The van der Waals surface area contributed by atoms with E-state index in [0.29, 0.717) is 23.7 Å². The molecule has 1 N–H and O–H groups in total. The summed E-state index contributed by atoms with van der Waals surface area (Å²) in [6.07, 6.45) is 8.19. The number of hydrogen-bond acceptors (Lipinski definition) is 3. The standard InChI is InChI=1S/C21H28O3S/c1-11-8-16-14-5-4-12-9-13(22)10-17(23)21(12,3)15(14)6-7-20(16,2)18(11)19(24)25/h9-11,14-16,18,23H,4-8H2,1-3H3,(H,24,25)/t11?,14-,15+,16+,18?,20+,21+/m1/s1. The molecule has 0 amide bonds. The highest BCUT2D eigenvalue weighted by Gasteiger charge is 2.62. The first kappa shape index (κ1) is 17.4. The van der Waals surface area contributed by atoms with Gasteiger partial charge in [0.2, 0.25) is 0 Å². The van der Waals surface area contributed by atoms with Crippen molar-refractivity contribution in [3.8, 4) is 0 Å². The third kappa shape index (κ3) is 2.19. The maximum absolute atomic E-state index is 12.2. The van der Waals surface area contributed by atoms with Crippen molar-refractivity contribution in [1.29, 1.82) is 0 Å². The van der Waals surface area contributed by atoms with E-state index in [1.807, 2.05) is 0 Å². The van der Waals surface area contributed by atoms with Crippen LogP contribution in [0.1, 0.15) is 52.9 Å². The molecular weight excluding hydrogens is 332 g/mol. The van der Waals surface area contributed by atoms with E-state index in [9.17, 15) is 14.7 Å². The molecule has 0 saturated heterocycles. The van der Waals surface area contributed by atoms with Crippen molar-refractivity contribution in [2.75, 3.05) is 0 Å². The lowest BCUT2D eigenvalue weighted by atomic mass is 9.47. The van der Waals surface area contributed by atoms with Gasteiger partial charge in [0.1, 0.15) is 5.76 Å². The number of ketones is 1. The molecular formula is C21H28O3S. The van der Waals surface area contributed by atoms with Gasteiger partial charge in [0.05, 0.1) is 0 Å². The summed E-state index contributed by atoms with van der Waals surface area (Å²) in [5.41, 5.74) is 0.737. The SMILES string of the molecule is CC1C[C@H]2[C@@H]3CCC4=CC(=O)C=C(O)[C@]4(C)[C@H]3CC[C@]2(C)C1C(=O)S. The van der Waals surface area contributed by atoms with E-state index >= 15 is 0 Å². The third-order valence-corrected chi connectivity index (χ3v) is 8.61. The molecule has 2 unspecified atom stereocenters. The van der Waals surface area contributed by atoms with E-state index in [1.54, 1.807) is 6.08 Å². The van der Waals surface area contributed by atoms with Crippen LogP contribution in [0.25, 0.3) is 0 Å². The highest BCUT2D eigenvalue weighted by Crippen LogP contribution is 2.67. The third-order valence-electron chi connectivity index (χ3n) is 8.33. The summed E-state index contributed by atoms with van der Waals surface area (Å²) in [5, 5.41) is 10.7. The van der Waals surface area contributed by atoms with Gasteiger partial charge in [-0.15, -0.1) is 12.6 Å². The van der Waals surface area contributed by atoms with Crippen LogP contribution in [0.2, 0.25) is 0 Å². The molecule has 4 aliphatic carbocycles. The van der Waals surface area contributed by atoms with E-state index in [0.717, 1.165) is 37.7 Å². The van der Waals surface area contributed by atoms with E-state index < -0.39 is 5.41 Å². The number of aliphatic hydroxyl groups is 1. The molecule has 0 spiro atoms. The molecule has 4 aliphatic rings. The summed E-state index contributed by atoms with van der Waals surface area (Å²) in [4.78, 5) is 24.1. The number of allylic oxidation sites excluding steroid dienone is 3. The first-order chi connectivity index (χ1) is 11.7. The van der Waals surface area contributed by atoms with Crippen molar-refractivity contribution in [2.45, 2.75) is 52.9 Å². The summed E-state index contributed by atoms with van der Waals surface area (Å²) >= 11 is 4.22. The Morgan fingerprint density at radius 2 is 1.96 bits per heavy atom. The number of carbonyl (C=O) groups is 2. The van der Waals surface area contributed by atoms with E-state index in [4.69, 9.17) is 0 Å². The molecule has 0 aromatic heterocycles. The maximum atomic E-state index is 12.2. The van der Waals surface area contributed by atoms with Crippen LogP contribution in [0.4, 0.5) is 0 Å². The molecule has 4 rings (SSSR count). The summed E-state index contributed by atoms with van der Waals surface area (Å²) < 4.78 is 0. The van der Waals surface area contributed by atoms with Gasteiger partial charge in [0.25, 0.3) is 0 Å². The zero-order valence-electron chi connectivity index (χ0n) is 15.3. The van der Waals surface area contributed by atoms with Crippen LogP contribution in [-0.2, 0) is 9.59 Å². The second-order valence-corrected chi connectivity index (χ2v) is 9.73. The highest BCUT2D eigenvalue weighted by molar-refractivity contribution is 7.96. The largest absolute Gasteiger partial charge is 0.511 e. The fourth-order valence-corrected chi connectivity index (χ4v) is 7.74. The minimum atomic E-state index is -0.398. The maximum Gasteiger partial charge on any atom is 0.189 e. The average molecular weight is 361 g/mol. The van der Waals surface area contributed by atoms with Gasteiger partial charge in [-0.2, -0.15) is 0 Å². The van der Waals surface area contributed by atoms with Crippen molar-refractivity contribution in [1.82, 2.24) is 0 Å². The van der Waals surface area contributed by atoms with Crippen molar-refractivity contribution >= 4 is 23.5 Å². The Labute approximate surface area is 155 Å². The zero-order valence-corrected chi connectivity index (χ0v) is 16.2. The van der Waals surface area contributed by atoms with Crippen LogP contribution in [0, 0.1) is 40.4 Å². The molecule has 4 heteroatoms. The first-order valence-electron chi connectivity index (χ1n) is 9.58. The molecule has 3 saturated carbocycles. The van der Waals surface area contributed by atoms with Crippen LogP contribution in [-0.4, -0.2) is 16.0 Å². The molecule has 0 aromatic rings.